The first-order valence-corrected chi connectivity index (χ1v) is 11.6. The lowest BCUT2D eigenvalue weighted by atomic mass is 9.97. The van der Waals surface area contributed by atoms with Crippen LogP contribution in [-0.2, 0) is 14.8 Å². The summed E-state index contributed by atoms with van der Waals surface area (Å²) in [6.07, 6.45) is 1.32. The summed E-state index contributed by atoms with van der Waals surface area (Å²) in [4.78, 5) is 13.2. The van der Waals surface area contributed by atoms with Crippen LogP contribution in [0, 0.1) is 5.92 Å². The van der Waals surface area contributed by atoms with E-state index in [2.05, 4.69) is 5.32 Å². The zero-order valence-corrected chi connectivity index (χ0v) is 17.7. The van der Waals surface area contributed by atoms with E-state index in [1.54, 1.807) is 30.3 Å². The molecule has 0 radical (unpaired) electrons. The molecule has 1 saturated heterocycles. The standard InChI is InChI=1S/C22H26N2O5S/c1-16(17-9-10-20-21(14-17)29-13-12-28-20)23-22(25)18-6-5-11-24(15-18)30(26,27)19-7-3-2-4-8-19/h2-4,7-10,14,16,18H,5-6,11-13,15H2,1H3,(H,23,25)/t16-,18-/m0/s1. The Labute approximate surface area is 177 Å². The normalized spacial score (nSPS) is 20.4. The maximum atomic E-state index is 12.9. The fourth-order valence-corrected chi connectivity index (χ4v) is 5.40. The van der Waals surface area contributed by atoms with Crippen molar-refractivity contribution in [3.05, 3.63) is 54.1 Å². The van der Waals surface area contributed by atoms with E-state index in [1.807, 2.05) is 25.1 Å². The predicted molar refractivity (Wildman–Crippen MR) is 112 cm³/mol. The van der Waals surface area contributed by atoms with E-state index < -0.39 is 10.0 Å². The largest absolute Gasteiger partial charge is 0.486 e. The molecule has 2 aliphatic heterocycles. The minimum atomic E-state index is -3.60. The van der Waals surface area contributed by atoms with Gasteiger partial charge in [0, 0.05) is 13.1 Å². The number of piperidine rings is 1. The molecule has 0 aromatic heterocycles. The van der Waals surface area contributed by atoms with Crippen LogP contribution in [0.25, 0.3) is 0 Å². The van der Waals surface area contributed by atoms with Crippen molar-refractivity contribution in [2.75, 3.05) is 26.3 Å². The maximum Gasteiger partial charge on any atom is 0.243 e. The second-order valence-electron chi connectivity index (χ2n) is 7.65. The Kier molecular flexibility index (Phi) is 5.97. The van der Waals surface area contributed by atoms with Gasteiger partial charge in [0.15, 0.2) is 11.5 Å². The van der Waals surface area contributed by atoms with Gasteiger partial charge in [-0.25, -0.2) is 8.42 Å². The van der Waals surface area contributed by atoms with Crippen LogP contribution in [0.4, 0.5) is 0 Å². The fraction of sp³-hybridized carbons (Fsp3) is 0.409. The molecule has 30 heavy (non-hydrogen) atoms. The monoisotopic (exact) mass is 430 g/mol. The number of nitrogens with zero attached hydrogens (tertiary/aromatic N) is 1. The lowest BCUT2D eigenvalue weighted by Crippen LogP contribution is -2.45. The molecule has 8 heteroatoms. The van der Waals surface area contributed by atoms with Crippen LogP contribution < -0.4 is 14.8 Å². The zero-order valence-electron chi connectivity index (χ0n) is 16.9. The number of hydrogen-bond acceptors (Lipinski definition) is 5. The van der Waals surface area contributed by atoms with E-state index in [4.69, 9.17) is 9.47 Å². The van der Waals surface area contributed by atoms with Gasteiger partial charge in [-0.2, -0.15) is 4.31 Å². The van der Waals surface area contributed by atoms with Crippen LogP contribution in [-0.4, -0.2) is 44.9 Å². The summed E-state index contributed by atoms with van der Waals surface area (Å²) in [7, 11) is -3.60. The summed E-state index contributed by atoms with van der Waals surface area (Å²) < 4.78 is 38.4. The highest BCUT2D eigenvalue weighted by molar-refractivity contribution is 7.89. The summed E-state index contributed by atoms with van der Waals surface area (Å²) >= 11 is 0. The van der Waals surface area contributed by atoms with Gasteiger partial charge in [-0.05, 0) is 49.6 Å². The molecular weight excluding hydrogens is 404 g/mol. The third-order valence-electron chi connectivity index (χ3n) is 5.56. The molecule has 1 N–H and O–H groups in total. The number of sulfonamides is 1. The minimum Gasteiger partial charge on any atom is -0.486 e. The first-order valence-electron chi connectivity index (χ1n) is 10.2. The van der Waals surface area contributed by atoms with Gasteiger partial charge in [-0.15, -0.1) is 0 Å². The van der Waals surface area contributed by atoms with E-state index in [9.17, 15) is 13.2 Å². The summed E-state index contributed by atoms with van der Waals surface area (Å²) in [6, 6.07) is 13.8. The van der Waals surface area contributed by atoms with Crippen molar-refractivity contribution < 1.29 is 22.7 Å². The lowest BCUT2D eigenvalue weighted by Gasteiger charge is -2.32. The Bertz CT molecular complexity index is 1010. The third kappa shape index (κ3) is 4.29. The molecule has 1 amide bonds. The van der Waals surface area contributed by atoms with Gasteiger partial charge in [-0.1, -0.05) is 24.3 Å². The number of carbonyl (C=O) groups excluding carboxylic acids is 1. The average molecular weight is 431 g/mol. The smallest absolute Gasteiger partial charge is 0.243 e. The third-order valence-corrected chi connectivity index (χ3v) is 7.44. The molecule has 0 spiro atoms. The van der Waals surface area contributed by atoms with E-state index in [0.29, 0.717) is 44.1 Å². The molecule has 0 aliphatic carbocycles. The molecule has 1 fully saturated rings. The SMILES string of the molecule is C[C@H](NC(=O)[C@H]1CCCN(S(=O)(=O)c2ccccc2)C1)c1ccc2c(c1)OCCO2. The summed E-state index contributed by atoms with van der Waals surface area (Å²) in [6.45, 7) is 3.56. The number of amides is 1. The van der Waals surface area contributed by atoms with Crippen LogP contribution in [0.5, 0.6) is 11.5 Å². The Balaban J connectivity index is 1.42. The highest BCUT2D eigenvalue weighted by Gasteiger charge is 2.33. The predicted octanol–water partition coefficient (Wildman–Crippen LogP) is 2.74. The number of hydrogen-bond donors (Lipinski definition) is 1. The van der Waals surface area contributed by atoms with Crippen LogP contribution in [0.2, 0.25) is 0 Å². The minimum absolute atomic E-state index is 0.134. The summed E-state index contributed by atoms with van der Waals surface area (Å²) in [5.41, 5.74) is 0.914. The highest BCUT2D eigenvalue weighted by atomic mass is 32.2. The van der Waals surface area contributed by atoms with Gasteiger partial charge in [0.05, 0.1) is 16.9 Å². The first kappa shape index (κ1) is 20.7. The number of benzene rings is 2. The quantitative estimate of drug-likeness (QED) is 0.789. The topological polar surface area (TPSA) is 84.9 Å². The van der Waals surface area contributed by atoms with Crippen molar-refractivity contribution in [3.8, 4) is 11.5 Å². The molecule has 2 aromatic carbocycles. The molecule has 0 saturated carbocycles. The Morgan fingerprint density at radius 3 is 2.60 bits per heavy atom. The molecule has 2 atom stereocenters. The number of nitrogens with one attached hydrogen (secondary N) is 1. The van der Waals surface area contributed by atoms with Crippen molar-refractivity contribution in [1.82, 2.24) is 9.62 Å². The highest BCUT2D eigenvalue weighted by Crippen LogP contribution is 2.33. The lowest BCUT2D eigenvalue weighted by molar-refractivity contribution is -0.126. The van der Waals surface area contributed by atoms with Gasteiger partial charge < -0.3 is 14.8 Å². The Hall–Kier alpha value is -2.58. The summed E-state index contributed by atoms with van der Waals surface area (Å²) in [5.74, 6) is 0.873. The van der Waals surface area contributed by atoms with Crippen LogP contribution in [0.15, 0.2) is 53.4 Å². The second kappa shape index (κ2) is 8.65. The van der Waals surface area contributed by atoms with Gasteiger partial charge in [-0.3, -0.25) is 4.79 Å². The van der Waals surface area contributed by atoms with Crippen molar-refractivity contribution in [2.24, 2.45) is 5.92 Å². The second-order valence-corrected chi connectivity index (χ2v) is 9.59. The Morgan fingerprint density at radius 1 is 1.10 bits per heavy atom. The van der Waals surface area contributed by atoms with E-state index >= 15 is 0 Å². The van der Waals surface area contributed by atoms with Gasteiger partial charge in [0.25, 0.3) is 0 Å². The average Bonchev–Trinajstić information content (AvgIpc) is 2.79. The summed E-state index contributed by atoms with van der Waals surface area (Å²) in [5, 5.41) is 3.03. The maximum absolute atomic E-state index is 12.9. The van der Waals surface area contributed by atoms with Gasteiger partial charge >= 0.3 is 0 Å². The Morgan fingerprint density at radius 2 is 1.83 bits per heavy atom. The molecule has 160 valence electrons. The van der Waals surface area contributed by atoms with Gasteiger partial charge in [0.2, 0.25) is 15.9 Å². The van der Waals surface area contributed by atoms with E-state index in [0.717, 1.165) is 5.56 Å². The zero-order chi connectivity index (χ0) is 21.1. The molecule has 0 unspecified atom stereocenters. The number of ether oxygens (including phenoxy) is 2. The van der Waals surface area contributed by atoms with Crippen LogP contribution >= 0.6 is 0 Å². The van der Waals surface area contributed by atoms with E-state index in [-0.39, 0.29) is 29.3 Å². The molecule has 2 heterocycles. The molecular formula is C22H26N2O5S. The number of fused-ring (bicyclic) bond motifs is 1. The first-order chi connectivity index (χ1) is 14.4. The van der Waals surface area contributed by atoms with Crippen molar-refractivity contribution >= 4 is 15.9 Å². The van der Waals surface area contributed by atoms with Crippen LogP contribution in [0.1, 0.15) is 31.4 Å². The van der Waals surface area contributed by atoms with E-state index in [1.165, 1.54) is 4.31 Å². The van der Waals surface area contributed by atoms with Crippen LogP contribution in [0.3, 0.4) is 0 Å². The van der Waals surface area contributed by atoms with Gasteiger partial charge in [0.1, 0.15) is 13.2 Å². The molecule has 2 aliphatic rings. The molecule has 2 aromatic rings. The fourth-order valence-electron chi connectivity index (χ4n) is 3.86. The molecule has 4 rings (SSSR count). The van der Waals surface area contributed by atoms with Crippen molar-refractivity contribution in [2.45, 2.75) is 30.7 Å². The van der Waals surface area contributed by atoms with Crippen molar-refractivity contribution in [3.63, 3.8) is 0 Å². The number of carbonyl (C=O) groups is 1. The number of rotatable bonds is 5. The molecule has 7 nitrogen and oxygen atoms in total. The van der Waals surface area contributed by atoms with Crippen molar-refractivity contribution in [1.29, 1.82) is 0 Å². The molecule has 0 bridgehead atoms.